The normalized spacial score (nSPS) is 21.6. The van der Waals surface area contributed by atoms with Crippen LogP contribution in [-0.4, -0.2) is 49.1 Å². The van der Waals surface area contributed by atoms with Gasteiger partial charge < -0.3 is 15.5 Å². The SMILES string of the molecule is CCCCNC(=O)C(C)NCCCN1CCCCC1C. The van der Waals surface area contributed by atoms with E-state index in [-0.39, 0.29) is 11.9 Å². The topological polar surface area (TPSA) is 44.4 Å². The molecule has 1 amide bonds. The van der Waals surface area contributed by atoms with Crippen molar-refractivity contribution in [1.29, 1.82) is 0 Å². The predicted molar refractivity (Wildman–Crippen MR) is 84.9 cm³/mol. The molecule has 0 aromatic rings. The third kappa shape index (κ3) is 6.71. The summed E-state index contributed by atoms with van der Waals surface area (Å²) in [5.74, 6) is 0.129. The van der Waals surface area contributed by atoms with Crippen molar-refractivity contribution < 1.29 is 4.79 Å². The summed E-state index contributed by atoms with van der Waals surface area (Å²) in [6.45, 7) is 10.5. The Balaban J connectivity index is 2.06. The lowest BCUT2D eigenvalue weighted by Gasteiger charge is -2.33. The Morgan fingerprint density at radius 1 is 1.30 bits per heavy atom. The lowest BCUT2D eigenvalue weighted by atomic mass is 10.0. The van der Waals surface area contributed by atoms with Gasteiger partial charge in [-0.2, -0.15) is 0 Å². The molecule has 2 unspecified atom stereocenters. The fourth-order valence-electron chi connectivity index (χ4n) is 2.72. The highest BCUT2D eigenvalue weighted by Gasteiger charge is 2.17. The molecular weight excluding hydrogens is 250 g/mol. The Kier molecular flexibility index (Phi) is 8.86. The minimum Gasteiger partial charge on any atom is -0.355 e. The van der Waals surface area contributed by atoms with E-state index < -0.39 is 0 Å². The van der Waals surface area contributed by atoms with Gasteiger partial charge in [-0.05, 0) is 59.2 Å². The maximum absolute atomic E-state index is 11.8. The van der Waals surface area contributed by atoms with Crippen molar-refractivity contribution in [2.24, 2.45) is 0 Å². The molecule has 1 saturated heterocycles. The zero-order valence-electron chi connectivity index (χ0n) is 13.6. The van der Waals surface area contributed by atoms with Crippen molar-refractivity contribution >= 4 is 5.91 Å². The van der Waals surface area contributed by atoms with Crippen molar-refractivity contribution in [2.45, 2.75) is 71.4 Å². The molecular formula is C16H33N3O. The van der Waals surface area contributed by atoms with E-state index in [1.54, 1.807) is 0 Å². The highest BCUT2D eigenvalue weighted by molar-refractivity contribution is 5.81. The molecule has 2 atom stereocenters. The maximum Gasteiger partial charge on any atom is 0.236 e. The summed E-state index contributed by atoms with van der Waals surface area (Å²) in [4.78, 5) is 14.4. The Morgan fingerprint density at radius 3 is 2.80 bits per heavy atom. The monoisotopic (exact) mass is 283 g/mol. The Hall–Kier alpha value is -0.610. The lowest BCUT2D eigenvalue weighted by molar-refractivity contribution is -0.122. The van der Waals surface area contributed by atoms with Gasteiger partial charge in [-0.1, -0.05) is 19.8 Å². The second-order valence-corrected chi connectivity index (χ2v) is 6.05. The highest BCUT2D eigenvalue weighted by atomic mass is 16.2. The van der Waals surface area contributed by atoms with Gasteiger partial charge in [0.05, 0.1) is 6.04 Å². The number of carbonyl (C=O) groups is 1. The predicted octanol–water partition coefficient (Wildman–Crippen LogP) is 2.15. The van der Waals surface area contributed by atoms with Gasteiger partial charge in [0, 0.05) is 12.6 Å². The third-order valence-corrected chi connectivity index (χ3v) is 4.24. The molecule has 20 heavy (non-hydrogen) atoms. The van der Waals surface area contributed by atoms with Crippen LogP contribution in [0.1, 0.15) is 59.3 Å². The van der Waals surface area contributed by atoms with Crippen molar-refractivity contribution in [3.8, 4) is 0 Å². The van der Waals surface area contributed by atoms with Crippen LogP contribution < -0.4 is 10.6 Å². The summed E-state index contributed by atoms with van der Waals surface area (Å²) in [7, 11) is 0. The minimum absolute atomic E-state index is 0.0781. The molecule has 1 aliphatic heterocycles. The fourth-order valence-corrected chi connectivity index (χ4v) is 2.72. The molecule has 0 radical (unpaired) electrons. The average Bonchev–Trinajstić information content (AvgIpc) is 2.45. The number of piperidine rings is 1. The van der Waals surface area contributed by atoms with Gasteiger partial charge in [-0.15, -0.1) is 0 Å². The summed E-state index contributed by atoms with van der Waals surface area (Å²) in [5.41, 5.74) is 0. The van der Waals surface area contributed by atoms with Crippen LogP contribution in [0.25, 0.3) is 0 Å². The number of nitrogens with one attached hydrogen (secondary N) is 2. The molecule has 4 heteroatoms. The molecule has 0 aromatic carbocycles. The van der Waals surface area contributed by atoms with E-state index in [2.05, 4.69) is 29.4 Å². The first-order valence-electron chi connectivity index (χ1n) is 8.40. The number of likely N-dealkylation sites (tertiary alicyclic amines) is 1. The van der Waals surface area contributed by atoms with E-state index >= 15 is 0 Å². The van der Waals surface area contributed by atoms with Gasteiger partial charge in [-0.3, -0.25) is 4.79 Å². The number of amides is 1. The van der Waals surface area contributed by atoms with Crippen LogP contribution in [0, 0.1) is 0 Å². The molecule has 0 bridgehead atoms. The van der Waals surface area contributed by atoms with E-state index in [1.165, 1.54) is 25.8 Å². The first-order valence-corrected chi connectivity index (χ1v) is 8.40. The third-order valence-electron chi connectivity index (χ3n) is 4.24. The standard InChI is InChI=1S/C16H33N3O/c1-4-5-10-18-16(20)15(3)17-11-8-13-19-12-7-6-9-14(19)2/h14-15,17H,4-13H2,1-3H3,(H,18,20). The molecule has 0 spiro atoms. The van der Waals surface area contributed by atoms with Crippen LogP contribution in [0.15, 0.2) is 0 Å². The van der Waals surface area contributed by atoms with Crippen LogP contribution in [-0.2, 0) is 4.79 Å². The van der Waals surface area contributed by atoms with Gasteiger partial charge in [0.2, 0.25) is 5.91 Å². The summed E-state index contributed by atoms with van der Waals surface area (Å²) >= 11 is 0. The summed E-state index contributed by atoms with van der Waals surface area (Å²) in [6.07, 6.45) is 7.36. The molecule has 0 saturated carbocycles. The largest absolute Gasteiger partial charge is 0.355 e. The highest BCUT2D eigenvalue weighted by Crippen LogP contribution is 2.15. The average molecular weight is 283 g/mol. The number of rotatable bonds is 9. The Morgan fingerprint density at radius 2 is 2.10 bits per heavy atom. The molecule has 1 rings (SSSR count). The second-order valence-electron chi connectivity index (χ2n) is 6.05. The lowest BCUT2D eigenvalue weighted by Crippen LogP contribution is -2.44. The van der Waals surface area contributed by atoms with Crippen LogP contribution in [0.4, 0.5) is 0 Å². The zero-order chi connectivity index (χ0) is 14.8. The number of carbonyl (C=O) groups excluding carboxylic acids is 1. The van der Waals surface area contributed by atoms with Gasteiger partial charge >= 0.3 is 0 Å². The van der Waals surface area contributed by atoms with Gasteiger partial charge in [0.25, 0.3) is 0 Å². The van der Waals surface area contributed by atoms with E-state index in [4.69, 9.17) is 0 Å². The summed E-state index contributed by atoms with van der Waals surface area (Å²) in [6, 6.07) is 0.657. The molecule has 118 valence electrons. The number of hydrogen-bond donors (Lipinski definition) is 2. The number of hydrogen-bond acceptors (Lipinski definition) is 3. The van der Waals surface area contributed by atoms with Gasteiger partial charge in [0.15, 0.2) is 0 Å². The van der Waals surface area contributed by atoms with Crippen molar-refractivity contribution in [2.75, 3.05) is 26.2 Å². The van der Waals surface area contributed by atoms with Crippen LogP contribution in [0.2, 0.25) is 0 Å². The van der Waals surface area contributed by atoms with Crippen molar-refractivity contribution in [3.63, 3.8) is 0 Å². The first-order chi connectivity index (χ1) is 9.65. The smallest absolute Gasteiger partial charge is 0.236 e. The fraction of sp³-hybridized carbons (Fsp3) is 0.938. The van der Waals surface area contributed by atoms with E-state index in [0.29, 0.717) is 0 Å². The molecule has 1 heterocycles. The van der Waals surface area contributed by atoms with E-state index in [9.17, 15) is 4.79 Å². The van der Waals surface area contributed by atoms with E-state index in [1.807, 2.05) is 6.92 Å². The van der Waals surface area contributed by atoms with Crippen LogP contribution in [0.3, 0.4) is 0 Å². The van der Waals surface area contributed by atoms with Gasteiger partial charge in [-0.25, -0.2) is 0 Å². The van der Waals surface area contributed by atoms with Crippen LogP contribution >= 0.6 is 0 Å². The second kappa shape index (κ2) is 10.2. The molecule has 1 aliphatic rings. The summed E-state index contributed by atoms with van der Waals surface area (Å²) < 4.78 is 0. The number of nitrogens with zero attached hydrogens (tertiary/aromatic N) is 1. The minimum atomic E-state index is -0.0781. The molecule has 1 fully saturated rings. The molecule has 0 aliphatic carbocycles. The van der Waals surface area contributed by atoms with Crippen molar-refractivity contribution in [3.05, 3.63) is 0 Å². The molecule has 2 N–H and O–H groups in total. The van der Waals surface area contributed by atoms with E-state index in [0.717, 1.165) is 44.9 Å². The van der Waals surface area contributed by atoms with Crippen molar-refractivity contribution in [1.82, 2.24) is 15.5 Å². The molecule has 0 aromatic heterocycles. The quantitative estimate of drug-likeness (QED) is 0.637. The van der Waals surface area contributed by atoms with Gasteiger partial charge in [0.1, 0.15) is 0 Å². The molecule has 4 nitrogen and oxygen atoms in total. The summed E-state index contributed by atoms with van der Waals surface area (Å²) in [5, 5.41) is 6.29. The Bertz CT molecular complexity index is 270. The Labute approximate surface area is 124 Å². The maximum atomic E-state index is 11.8. The zero-order valence-corrected chi connectivity index (χ0v) is 13.6. The first kappa shape index (κ1) is 17.4. The number of unbranched alkanes of at least 4 members (excludes halogenated alkanes) is 1. The van der Waals surface area contributed by atoms with Crippen LogP contribution in [0.5, 0.6) is 0 Å².